The number of nitrogens with two attached hydrogens (primary N) is 1. The summed E-state index contributed by atoms with van der Waals surface area (Å²) in [5.41, 5.74) is 8.89. The van der Waals surface area contributed by atoms with E-state index in [1.54, 1.807) is 12.5 Å². The van der Waals surface area contributed by atoms with Crippen LogP contribution in [0.1, 0.15) is 35.7 Å². The van der Waals surface area contributed by atoms with Crippen LogP contribution in [0.4, 0.5) is 0 Å². The number of rotatable bonds is 3. The molecular formula is C11H16N4O. The molecule has 16 heavy (non-hydrogen) atoms. The van der Waals surface area contributed by atoms with E-state index in [2.05, 4.69) is 10.1 Å². The van der Waals surface area contributed by atoms with Crippen LogP contribution in [0.25, 0.3) is 0 Å². The molecule has 2 aromatic heterocycles. The van der Waals surface area contributed by atoms with Gasteiger partial charge in [-0.1, -0.05) is 5.16 Å². The Kier molecular flexibility index (Phi) is 2.78. The van der Waals surface area contributed by atoms with E-state index in [1.165, 1.54) is 0 Å². The predicted molar refractivity (Wildman–Crippen MR) is 59.9 cm³/mol. The second-order valence-corrected chi connectivity index (χ2v) is 4.04. The lowest BCUT2D eigenvalue weighted by atomic mass is 10.2. The molecule has 0 bridgehead atoms. The molecule has 0 aliphatic carbocycles. The molecular weight excluding hydrogens is 204 g/mol. The summed E-state index contributed by atoms with van der Waals surface area (Å²) < 4.78 is 7.15. The van der Waals surface area contributed by atoms with Crippen LogP contribution in [0.5, 0.6) is 0 Å². The number of hydrogen-bond donors (Lipinski definition) is 1. The second kappa shape index (κ2) is 4.09. The summed E-state index contributed by atoms with van der Waals surface area (Å²) in [6.45, 7) is 6.50. The van der Waals surface area contributed by atoms with E-state index in [1.807, 2.05) is 25.3 Å². The summed E-state index contributed by atoms with van der Waals surface area (Å²) in [4.78, 5) is 4.12. The van der Waals surface area contributed by atoms with Crippen molar-refractivity contribution in [2.75, 3.05) is 0 Å². The Morgan fingerprint density at radius 2 is 2.25 bits per heavy atom. The smallest absolute Gasteiger partial charge is 0.138 e. The topological polar surface area (TPSA) is 69.9 Å². The van der Waals surface area contributed by atoms with Gasteiger partial charge in [-0.05, 0) is 20.8 Å². The van der Waals surface area contributed by atoms with Crippen molar-refractivity contribution in [1.82, 2.24) is 14.7 Å². The van der Waals surface area contributed by atoms with Gasteiger partial charge in [-0.25, -0.2) is 4.98 Å². The zero-order valence-electron chi connectivity index (χ0n) is 9.77. The maximum absolute atomic E-state index is 5.86. The molecule has 2 heterocycles. The molecule has 0 spiro atoms. The maximum atomic E-state index is 5.86. The molecule has 1 atom stereocenters. The summed E-state index contributed by atoms with van der Waals surface area (Å²) in [6, 6.07) is -0.0250. The molecule has 0 aliphatic heterocycles. The summed E-state index contributed by atoms with van der Waals surface area (Å²) >= 11 is 0. The van der Waals surface area contributed by atoms with Crippen molar-refractivity contribution in [3.8, 4) is 0 Å². The van der Waals surface area contributed by atoms with Gasteiger partial charge in [0.05, 0.1) is 24.3 Å². The first-order chi connectivity index (χ1) is 7.59. The lowest BCUT2D eigenvalue weighted by Crippen LogP contribution is -2.12. The minimum Gasteiger partial charge on any atom is -0.361 e. The molecule has 0 aromatic carbocycles. The van der Waals surface area contributed by atoms with Gasteiger partial charge in [0.1, 0.15) is 5.76 Å². The van der Waals surface area contributed by atoms with E-state index >= 15 is 0 Å². The average Bonchev–Trinajstić information content (AvgIpc) is 2.80. The number of aryl methyl sites for hydroxylation is 2. The highest BCUT2D eigenvalue weighted by Gasteiger charge is 2.12. The van der Waals surface area contributed by atoms with Crippen LogP contribution in [-0.2, 0) is 6.54 Å². The monoisotopic (exact) mass is 220 g/mol. The van der Waals surface area contributed by atoms with Gasteiger partial charge in [0.15, 0.2) is 0 Å². The number of hydrogen-bond acceptors (Lipinski definition) is 4. The van der Waals surface area contributed by atoms with Gasteiger partial charge in [-0.3, -0.25) is 0 Å². The normalized spacial score (nSPS) is 13.0. The van der Waals surface area contributed by atoms with Crippen LogP contribution < -0.4 is 5.73 Å². The standard InChI is InChI=1S/C11H16N4O/c1-7(12)11-4-13-6-15(11)5-10-8(2)14-16-9(10)3/h4,6-7H,5,12H2,1-3H3/t7-/m0/s1. The highest BCUT2D eigenvalue weighted by atomic mass is 16.5. The van der Waals surface area contributed by atoms with Gasteiger partial charge in [0, 0.05) is 17.8 Å². The second-order valence-electron chi connectivity index (χ2n) is 4.04. The van der Waals surface area contributed by atoms with Crippen LogP contribution in [0, 0.1) is 13.8 Å². The van der Waals surface area contributed by atoms with Crippen LogP contribution >= 0.6 is 0 Å². The summed E-state index contributed by atoms with van der Waals surface area (Å²) in [5, 5.41) is 3.93. The van der Waals surface area contributed by atoms with Crippen molar-refractivity contribution in [2.45, 2.75) is 33.4 Å². The molecule has 0 saturated heterocycles. The van der Waals surface area contributed by atoms with E-state index in [0.29, 0.717) is 6.54 Å². The summed E-state index contributed by atoms with van der Waals surface area (Å²) in [5.74, 6) is 0.849. The van der Waals surface area contributed by atoms with Gasteiger partial charge in [0.25, 0.3) is 0 Å². The third-order valence-corrected chi connectivity index (χ3v) is 2.72. The molecule has 5 heteroatoms. The Morgan fingerprint density at radius 1 is 1.50 bits per heavy atom. The fourth-order valence-corrected chi connectivity index (χ4v) is 1.74. The van der Waals surface area contributed by atoms with E-state index in [0.717, 1.165) is 22.7 Å². The van der Waals surface area contributed by atoms with Crippen LogP contribution in [0.15, 0.2) is 17.0 Å². The zero-order valence-corrected chi connectivity index (χ0v) is 9.77. The third-order valence-electron chi connectivity index (χ3n) is 2.72. The molecule has 2 N–H and O–H groups in total. The zero-order chi connectivity index (χ0) is 11.7. The van der Waals surface area contributed by atoms with E-state index in [4.69, 9.17) is 10.3 Å². The molecule has 0 radical (unpaired) electrons. The number of aromatic nitrogens is 3. The molecule has 86 valence electrons. The summed E-state index contributed by atoms with van der Waals surface area (Å²) in [6.07, 6.45) is 3.58. The van der Waals surface area contributed by atoms with E-state index in [9.17, 15) is 0 Å². The van der Waals surface area contributed by atoms with Gasteiger partial charge in [0.2, 0.25) is 0 Å². The minimum absolute atomic E-state index is 0.0250. The van der Waals surface area contributed by atoms with Crippen LogP contribution in [-0.4, -0.2) is 14.7 Å². The molecule has 0 amide bonds. The Hall–Kier alpha value is -1.62. The van der Waals surface area contributed by atoms with Crippen molar-refractivity contribution < 1.29 is 4.52 Å². The predicted octanol–water partition coefficient (Wildman–Crippen LogP) is 1.56. The van der Waals surface area contributed by atoms with Gasteiger partial charge in [-0.15, -0.1) is 0 Å². The highest BCUT2D eigenvalue weighted by molar-refractivity contribution is 5.22. The molecule has 2 rings (SSSR count). The van der Waals surface area contributed by atoms with Crippen LogP contribution in [0.3, 0.4) is 0 Å². The summed E-state index contributed by atoms with van der Waals surface area (Å²) in [7, 11) is 0. The van der Waals surface area contributed by atoms with Gasteiger partial charge < -0.3 is 14.8 Å². The lowest BCUT2D eigenvalue weighted by Gasteiger charge is -2.10. The first kappa shape index (κ1) is 10.9. The van der Waals surface area contributed by atoms with Crippen molar-refractivity contribution >= 4 is 0 Å². The first-order valence-electron chi connectivity index (χ1n) is 5.27. The Balaban J connectivity index is 2.31. The molecule has 5 nitrogen and oxygen atoms in total. The number of nitrogens with zero attached hydrogens (tertiary/aromatic N) is 3. The average molecular weight is 220 g/mol. The fourth-order valence-electron chi connectivity index (χ4n) is 1.74. The Morgan fingerprint density at radius 3 is 2.81 bits per heavy atom. The maximum Gasteiger partial charge on any atom is 0.138 e. The SMILES string of the molecule is Cc1noc(C)c1Cn1cncc1[C@H](C)N. The quantitative estimate of drug-likeness (QED) is 0.852. The van der Waals surface area contributed by atoms with Crippen molar-refractivity contribution in [2.24, 2.45) is 5.73 Å². The van der Waals surface area contributed by atoms with E-state index in [-0.39, 0.29) is 6.04 Å². The molecule has 0 fully saturated rings. The Labute approximate surface area is 94.3 Å². The first-order valence-corrected chi connectivity index (χ1v) is 5.27. The fraction of sp³-hybridized carbons (Fsp3) is 0.455. The van der Waals surface area contributed by atoms with Crippen molar-refractivity contribution in [1.29, 1.82) is 0 Å². The van der Waals surface area contributed by atoms with Gasteiger partial charge in [-0.2, -0.15) is 0 Å². The van der Waals surface area contributed by atoms with Gasteiger partial charge >= 0.3 is 0 Å². The van der Waals surface area contributed by atoms with Crippen molar-refractivity contribution in [3.63, 3.8) is 0 Å². The van der Waals surface area contributed by atoms with E-state index < -0.39 is 0 Å². The highest BCUT2D eigenvalue weighted by Crippen LogP contribution is 2.16. The molecule has 0 unspecified atom stereocenters. The number of imidazole rings is 1. The van der Waals surface area contributed by atoms with Crippen LogP contribution in [0.2, 0.25) is 0 Å². The molecule has 2 aromatic rings. The Bertz CT molecular complexity index is 464. The largest absolute Gasteiger partial charge is 0.361 e. The molecule has 0 saturated carbocycles. The van der Waals surface area contributed by atoms with Crippen molar-refractivity contribution in [3.05, 3.63) is 35.2 Å². The lowest BCUT2D eigenvalue weighted by molar-refractivity contribution is 0.392. The molecule has 0 aliphatic rings. The minimum atomic E-state index is -0.0250. The third kappa shape index (κ3) is 1.86.